The Bertz CT molecular complexity index is 507. The highest BCUT2D eigenvalue weighted by Crippen LogP contribution is 2.28. The first kappa shape index (κ1) is 13.1. The average molecular weight is 261 g/mol. The van der Waals surface area contributed by atoms with E-state index in [0.29, 0.717) is 0 Å². The monoisotopic (exact) mass is 261 g/mol. The van der Waals surface area contributed by atoms with E-state index < -0.39 is 0 Å². The van der Waals surface area contributed by atoms with E-state index >= 15 is 0 Å². The summed E-state index contributed by atoms with van der Waals surface area (Å²) in [7, 11) is 0. The molecule has 0 aliphatic heterocycles. The van der Waals surface area contributed by atoms with E-state index in [0.717, 1.165) is 24.3 Å². The standard InChI is InChI=1S/C15H19NOS/c1-3-9-17-13-6-4-5-12(10-13)15(16)14-8-7-11(2)18-14/h4-8,10,15H,3,9,16H2,1-2H3. The number of ether oxygens (including phenoxy) is 1. The summed E-state index contributed by atoms with van der Waals surface area (Å²) in [5.41, 5.74) is 7.38. The van der Waals surface area contributed by atoms with Gasteiger partial charge in [0.05, 0.1) is 12.6 Å². The molecule has 0 bridgehead atoms. The van der Waals surface area contributed by atoms with Gasteiger partial charge in [-0.2, -0.15) is 0 Å². The summed E-state index contributed by atoms with van der Waals surface area (Å²) in [5, 5.41) is 0. The molecule has 1 heterocycles. The summed E-state index contributed by atoms with van der Waals surface area (Å²) < 4.78 is 5.63. The molecule has 1 unspecified atom stereocenters. The summed E-state index contributed by atoms with van der Waals surface area (Å²) in [6.45, 7) is 4.95. The zero-order chi connectivity index (χ0) is 13.0. The van der Waals surface area contributed by atoms with Crippen LogP contribution >= 0.6 is 11.3 Å². The van der Waals surface area contributed by atoms with Crippen LogP contribution in [0.15, 0.2) is 36.4 Å². The van der Waals surface area contributed by atoms with Crippen molar-refractivity contribution in [3.8, 4) is 5.75 Å². The van der Waals surface area contributed by atoms with Crippen molar-refractivity contribution in [2.24, 2.45) is 5.73 Å². The van der Waals surface area contributed by atoms with Crippen LogP contribution in [0.4, 0.5) is 0 Å². The van der Waals surface area contributed by atoms with E-state index in [1.54, 1.807) is 11.3 Å². The molecule has 2 nitrogen and oxygen atoms in total. The molecule has 3 heteroatoms. The molecule has 0 saturated heterocycles. The van der Waals surface area contributed by atoms with Gasteiger partial charge in [0.2, 0.25) is 0 Å². The molecule has 0 saturated carbocycles. The topological polar surface area (TPSA) is 35.2 Å². The normalized spacial score (nSPS) is 12.4. The van der Waals surface area contributed by atoms with Crippen LogP contribution in [0.5, 0.6) is 5.75 Å². The quantitative estimate of drug-likeness (QED) is 0.886. The fraction of sp³-hybridized carbons (Fsp3) is 0.333. The number of nitrogens with two attached hydrogens (primary N) is 1. The molecule has 0 radical (unpaired) electrons. The minimum absolute atomic E-state index is 0.0612. The molecule has 1 aromatic heterocycles. The molecule has 0 spiro atoms. The van der Waals surface area contributed by atoms with E-state index in [-0.39, 0.29) is 6.04 Å². The third-order valence-corrected chi connectivity index (χ3v) is 3.84. The molecule has 2 N–H and O–H groups in total. The first-order valence-corrected chi connectivity index (χ1v) is 7.07. The highest BCUT2D eigenvalue weighted by molar-refractivity contribution is 7.12. The van der Waals surface area contributed by atoms with Crippen LogP contribution < -0.4 is 10.5 Å². The lowest BCUT2D eigenvalue weighted by Crippen LogP contribution is -2.10. The molecule has 0 fully saturated rings. The van der Waals surface area contributed by atoms with Crippen LogP contribution in [-0.2, 0) is 0 Å². The Kier molecular flexibility index (Phi) is 4.39. The molecule has 0 aliphatic carbocycles. The first-order chi connectivity index (χ1) is 8.70. The molecule has 96 valence electrons. The second kappa shape index (κ2) is 6.03. The van der Waals surface area contributed by atoms with Crippen LogP contribution in [0.2, 0.25) is 0 Å². The van der Waals surface area contributed by atoms with Crippen LogP contribution in [0, 0.1) is 6.92 Å². The molecule has 0 amide bonds. The zero-order valence-corrected chi connectivity index (χ0v) is 11.7. The Morgan fingerprint density at radius 3 is 2.78 bits per heavy atom. The first-order valence-electron chi connectivity index (χ1n) is 6.25. The number of rotatable bonds is 5. The highest BCUT2D eigenvalue weighted by atomic mass is 32.1. The summed E-state index contributed by atoms with van der Waals surface area (Å²) in [6.07, 6.45) is 1.01. The second-order valence-corrected chi connectivity index (χ2v) is 5.67. The molecule has 18 heavy (non-hydrogen) atoms. The van der Waals surface area contributed by atoms with Gasteiger partial charge in [-0.3, -0.25) is 0 Å². The van der Waals surface area contributed by atoms with E-state index in [9.17, 15) is 0 Å². The number of hydrogen-bond acceptors (Lipinski definition) is 3. The molecule has 1 aromatic carbocycles. The minimum Gasteiger partial charge on any atom is -0.494 e. The van der Waals surface area contributed by atoms with E-state index in [1.165, 1.54) is 9.75 Å². The van der Waals surface area contributed by atoms with Gasteiger partial charge >= 0.3 is 0 Å². The number of benzene rings is 1. The number of thiophene rings is 1. The molecule has 2 rings (SSSR count). The van der Waals surface area contributed by atoms with E-state index in [2.05, 4.69) is 32.0 Å². The predicted octanol–water partition coefficient (Wildman–Crippen LogP) is 3.89. The van der Waals surface area contributed by atoms with Crippen molar-refractivity contribution in [2.45, 2.75) is 26.3 Å². The van der Waals surface area contributed by atoms with Gasteiger partial charge in [-0.05, 0) is 43.2 Å². The van der Waals surface area contributed by atoms with Crippen molar-refractivity contribution in [1.82, 2.24) is 0 Å². The van der Waals surface area contributed by atoms with Crippen LogP contribution in [0.25, 0.3) is 0 Å². The van der Waals surface area contributed by atoms with Crippen LogP contribution in [-0.4, -0.2) is 6.61 Å². The predicted molar refractivity (Wildman–Crippen MR) is 77.3 cm³/mol. The van der Waals surface area contributed by atoms with Crippen molar-refractivity contribution in [1.29, 1.82) is 0 Å². The van der Waals surface area contributed by atoms with Gasteiger partial charge in [-0.25, -0.2) is 0 Å². The van der Waals surface area contributed by atoms with Crippen LogP contribution in [0.1, 0.15) is 34.7 Å². The lowest BCUT2D eigenvalue weighted by molar-refractivity contribution is 0.317. The molecule has 0 aliphatic rings. The maximum atomic E-state index is 6.28. The smallest absolute Gasteiger partial charge is 0.119 e. The molecular formula is C15H19NOS. The van der Waals surface area contributed by atoms with Crippen molar-refractivity contribution < 1.29 is 4.74 Å². The summed E-state index contributed by atoms with van der Waals surface area (Å²) in [6, 6.07) is 12.2. The van der Waals surface area contributed by atoms with Gasteiger partial charge in [-0.15, -0.1) is 11.3 Å². The molecular weight excluding hydrogens is 242 g/mol. The fourth-order valence-corrected chi connectivity index (χ4v) is 2.71. The van der Waals surface area contributed by atoms with Gasteiger partial charge < -0.3 is 10.5 Å². The highest BCUT2D eigenvalue weighted by Gasteiger charge is 2.11. The van der Waals surface area contributed by atoms with E-state index in [1.807, 2.05) is 18.2 Å². The Hall–Kier alpha value is -1.32. The minimum atomic E-state index is -0.0612. The number of hydrogen-bond donors (Lipinski definition) is 1. The Balaban J connectivity index is 2.17. The SMILES string of the molecule is CCCOc1cccc(C(N)c2ccc(C)s2)c1. The number of aryl methyl sites for hydroxylation is 1. The average Bonchev–Trinajstić information content (AvgIpc) is 2.82. The summed E-state index contributed by atoms with van der Waals surface area (Å²) >= 11 is 1.75. The van der Waals surface area contributed by atoms with Gasteiger partial charge in [0, 0.05) is 9.75 Å². The van der Waals surface area contributed by atoms with Crippen molar-refractivity contribution in [2.75, 3.05) is 6.61 Å². The summed E-state index contributed by atoms with van der Waals surface area (Å²) in [4.78, 5) is 2.49. The second-order valence-electron chi connectivity index (χ2n) is 4.35. The maximum Gasteiger partial charge on any atom is 0.119 e. The van der Waals surface area contributed by atoms with Gasteiger partial charge in [0.25, 0.3) is 0 Å². The lowest BCUT2D eigenvalue weighted by atomic mass is 10.1. The third-order valence-electron chi connectivity index (χ3n) is 2.76. The van der Waals surface area contributed by atoms with Gasteiger partial charge in [0.1, 0.15) is 5.75 Å². The Morgan fingerprint density at radius 1 is 1.28 bits per heavy atom. The van der Waals surface area contributed by atoms with Gasteiger partial charge in [-0.1, -0.05) is 19.1 Å². The Labute approximate surface area is 112 Å². The zero-order valence-electron chi connectivity index (χ0n) is 10.8. The Morgan fingerprint density at radius 2 is 2.11 bits per heavy atom. The maximum absolute atomic E-state index is 6.28. The van der Waals surface area contributed by atoms with E-state index in [4.69, 9.17) is 10.5 Å². The van der Waals surface area contributed by atoms with Crippen molar-refractivity contribution in [3.05, 3.63) is 51.7 Å². The van der Waals surface area contributed by atoms with Gasteiger partial charge in [0.15, 0.2) is 0 Å². The van der Waals surface area contributed by atoms with Crippen LogP contribution in [0.3, 0.4) is 0 Å². The molecule has 2 aromatic rings. The largest absolute Gasteiger partial charge is 0.494 e. The van der Waals surface area contributed by atoms with Crippen molar-refractivity contribution >= 4 is 11.3 Å². The third kappa shape index (κ3) is 3.12. The summed E-state index contributed by atoms with van der Waals surface area (Å²) in [5.74, 6) is 0.901. The molecule has 1 atom stereocenters. The van der Waals surface area contributed by atoms with Crippen molar-refractivity contribution in [3.63, 3.8) is 0 Å². The fourth-order valence-electron chi connectivity index (χ4n) is 1.80. The lowest BCUT2D eigenvalue weighted by Gasteiger charge is -2.12.